The second-order valence-corrected chi connectivity index (χ2v) is 4.81. The largest absolute Gasteiger partial charge is 0.497 e. The molecule has 0 heterocycles. The Morgan fingerprint density at radius 1 is 1.12 bits per heavy atom. The van der Waals surface area contributed by atoms with Crippen LogP contribution in [0.1, 0.15) is 37.7 Å². The number of ether oxygens (including phenoxy) is 1. The van der Waals surface area contributed by atoms with Gasteiger partial charge < -0.3 is 9.84 Å². The highest BCUT2D eigenvalue weighted by Gasteiger charge is 2.29. The fraction of sp³-hybridized carbons (Fsp3) is 0.571. The van der Waals surface area contributed by atoms with Crippen molar-refractivity contribution in [1.29, 1.82) is 0 Å². The summed E-state index contributed by atoms with van der Waals surface area (Å²) in [5.41, 5.74) is 0.734. The van der Waals surface area contributed by atoms with Crippen LogP contribution in [0.3, 0.4) is 0 Å². The molecule has 2 nitrogen and oxygen atoms in total. The van der Waals surface area contributed by atoms with Gasteiger partial charge in [-0.1, -0.05) is 31.4 Å². The van der Waals surface area contributed by atoms with E-state index in [-0.39, 0.29) is 0 Å². The van der Waals surface area contributed by atoms with Crippen molar-refractivity contribution in [1.82, 2.24) is 0 Å². The van der Waals surface area contributed by atoms with Gasteiger partial charge in [0, 0.05) is 6.42 Å². The molecule has 0 bridgehead atoms. The van der Waals surface area contributed by atoms with E-state index in [0.29, 0.717) is 0 Å². The summed E-state index contributed by atoms with van der Waals surface area (Å²) < 4.78 is 5.12. The van der Waals surface area contributed by atoms with Crippen LogP contribution in [0.5, 0.6) is 5.75 Å². The molecule has 1 aromatic carbocycles. The average Bonchev–Trinajstić information content (AvgIpc) is 2.30. The number of hydrogen-bond acceptors (Lipinski definition) is 2. The predicted molar refractivity (Wildman–Crippen MR) is 64.7 cm³/mol. The Kier molecular flexibility index (Phi) is 3.49. The van der Waals surface area contributed by atoms with E-state index in [1.54, 1.807) is 7.11 Å². The van der Waals surface area contributed by atoms with E-state index in [0.717, 1.165) is 37.9 Å². The van der Waals surface area contributed by atoms with Crippen molar-refractivity contribution in [3.63, 3.8) is 0 Å². The lowest BCUT2D eigenvalue weighted by molar-refractivity contribution is 0.00448. The first-order chi connectivity index (χ1) is 7.72. The Morgan fingerprint density at radius 2 is 1.75 bits per heavy atom. The summed E-state index contributed by atoms with van der Waals surface area (Å²) in [7, 11) is 1.67. The van der Waals surface area contributed by atoms with E-state index in [9.17, 15) is 5.11 Å². The first kappa shape index (κ1) is 11.5. The third kappa shape index (κ3) is 2.76. The Balaban J connectivity index is 2.01. The summed E-state index contributed by atoms with van der Waals surface area (Å²) in [6, 6.07) is 8.01. The van der Waals surface area contributed by atoms with Gasteiger partial charge in [0.1, 0.15) is 5.75 Å². The molecular formula is C14H20O2. The minimum Gasteiger partial charge on any atom is -0.497 e. The Labute approximate surface area is 97.3 Å². The minimum absolute atomic E-state index is 0.465. The average molecular weight is 220 g/mol. The topological polar surface area (TPSA) is 29.5 Å². The van der Waals surface area contributed by atoms with E-state index < -0.39 is 5.60 Å². The highest BCUT2D eigenvalue weighted by atomic mass is 16.5. The molecule has 0 spiro atoms. The Hall–Kier alpha value is -1.02. The Bertz CT molecular complexity index is 323. The zero-order valence-electron chi connectivity index (χ0n) is 9.91. The molecule has 0 aliphatic heterocycles. The van der Waals surface area contributed by atoms with Crippen molar-refractivity contribution in [3.8, 4) is 5.75 Å². The van der Waals surface area contributed by atoms with Gasteiger partial charge in [-0.15, -0.1) is 0 Å². The van der Waals surface area contributed by atoms with Crippen LogP contribution >= 0.6 is 0 Å². The second kappa shape index (κ2) is 4.88. The van der Waals surface area contributed by atoms with Crippen LogP contribution in [0.25, 0.3) is 0 Å². The summed E-state index contributed by atoms with van der Waals surface area (Å²) in [4.78, 5) is 0. The number of benzene rings is 1. The van der Waals surface area contributed by atoms with Crippen molar-refractivity contribution in [3.05, 3.63) is 29.8 Å². The maximum absolute atomic E-state index is 10.4. The third-order valence-corrected chi connectivity index (χ3v) is 3.48. The normalized spacial score (nSPS) is 19.4. The zero-order valence-corrected chi connectivity index (χ0v) is 9.91. The number of methoxy groups -OCH3 is 1. The molecule has 0 radical (unpaired) electrons. The van der Waals surface area contributed by atoms with Crippen LogP contribution < -0.4 is 4.74 Å². The van der Waals surface area contributed by atoms with Gasteiger partial charge >= 0.3 is 0 Å². The molecule has 2 heteroatoms. The fourth-order valence-electron chi connectivity index (χ4n) is 2.51. The molecule has 2 rings (SSSR count). The van der Waals surface area contributed by atoms with Crippen molar-refractivity contribution >= 4 is 0 Å². The molecule has 0 atom stereocenters. The van der Waals surface area contributed by atoms with Crippen molar-refractivity contribution in [2.45, 2.75) is 44.1 Å². The van der Waals surface area contributed by atoms with Crippen LogP contribution in [-0.2, 0) is 6.42 Å². The fourth-order valence-corrected chi connectivity index (χ4v) is 2.51. The third-order valence-electron chi connectivity index (χ3n) is 3.48. The van der Waals surface area contributed by atoms with E-state index in [1.165, 1.54) is 12.0 Å². The van der Waals surface area contributed by atoms with E-state index in [4.69, 9.17) is 4.74 Å². The second-order valence-electron chi connectivity index (χ2n) is 4.81. The van der Waals surface area contributed by atoms with Crippen molar-refractivity contribution < 1.29 is 9.84 Å². The van der Waals surface area contributed by atoms with Crippen molar-refractivity contribution in [2.24, 2.45) is 0 Å². The molecule has 1 fully saturated rings. The number of aliphatic hydroxyl groups is 1. The molecule has 16 heavy (non-hydrogen) atoms. The quantitative estimate of drug-likeness (QED) is 0.848. The molecule has 1 aliphatic carbocycles. The lowest BCUT2D eigenvalue weighted by Gasteiger charge is -2.32. The maximum atomic E-state index is 10.4. The van der Waals surface area contributed by atoms with Crippen LogP contribution in [0.2, 0.25) is 0 Å². The van der Waals surface area contributed by atoms with Crippen LogP contribution in [0, 0.1) is 0 Å². The van der Waals surface area contributed by atoms with Gasteiger partial charge in [-0.3, -0.25) is 0 Å². The lowest BCUT2D eigenvalue weighted by atomic mass is 9.80. The van der Waals surface area contributed by atoms with Gasteiger partial charge in [-0.2, -0.15) is 0 Å². The molecule has 0 saturated heterocycles. The minimum atomic E-state index is -0.465. The van der Waals surface area contributed by atoms with Crippen LogP contribution in [0.15, 0.2) is 24.3 Å². The van der Waals surface area contributed by atoms with E-state index >= 15 is 0 Å². The molecule has 1 N–H and O–H groups in total. The molecule has 88 valence electrons. The molecular weight excluding hydrogens is 200 g/mol. The van der Waals surface area contributed by atoms with Crippen LogP contribution in [-0.4, -0.2) is 17.8 Å². The predicted octanol–water partition coefficient (Wildman–Crippen LogP) is 2.93. The van der Waals surface area contributed by atoms with E-state index in [1.807, 2.05) is 24.3 Å². The first-order valence-electron chi connectivity index (χ1n) is 6.07. The van der Waals surface area contributed by atoms with Crippen molar-refractivity contribution in [2.75, 3.05) is 7.11 Å². The first-order valence-corrected chi connectivity index (χ1v) is 6.07. The molecule has 0 aromatic heterocycles. The number of hydrogen-bond donors (Lipinski definition) is 1. The summed E-state index contributed by atoms with van der Waals surface area (Å²) in [6.07, 6.45) is 6.25. The Morgan fingerprint density at radius 3 is 2.31 bits per heavy atom. The summed E-state index contributed by atoms with van der Waals surface area (Å²) in [5, 5.41) is 10.4. The SMILES string of the molecule is COc1ccc(CC2(O)CCCCC2)cc1. The molecule has 0 amide bonds. The molecule has 0 unspecified atom stereocenters. The van der Waals surface area contributed by atoms with Gasteiger partial charge in [-0.25, -0.2) is 0 Å². The van der Waals surface area contributed by atoms with Gasteiger partial charge in [0.25, 0.3) is 0 Å². The van der Waals surface area contributed by atoms with Gasteiger partial charge in [-0.05, 0) is 30.5 Å². The van der Waals surface area contributed by atoms with Gasteiger partial charge in [0.05, 0.1) is 12.7 Å². The molecule has 1 aliphatic rings. The highest BCUT2D eigenvalue weighted by Crippen LogP contribution is 2.31. The zero-order chi connectivity index (χ0) is 11.4. The smallest absolute Gasteiger partial charge is 0.118 e. The summed E-state index contributed by atoms with van der Waals surface area (Å²) in [5.74, 6) is 0.874. The lowest BCUT2D eigenvalue weighted by Crippen LogP contribution is -2.33. The standard InChI is InChI=1S/C14H20O2/c1-16-13-7-5-12(6-8-13)11-14(15)9-3-2-4-10-14/h5-8,15H,2-4,9-11H2,1H3. The van der Waals surface area contributed by atoms with Crippen LogP contribution in [0.4, 0.5) is 0 Å². The summed E-state index contributed by atoms with van der Waals surface area (Å²) in [6.45, 7) is 0. The van der Waals surface area contributed by atoms with E-state index in [2.05, 4.69) is 0 Å². The maximum Gasteiger partial charge on any atom is 0.118 e. The summed E-state index contributed by atoms with van der Waals surface area (Å²) >= 11 is 0. The highest BCUT2D eigenvalue weighted by molar-refractivity contribution is 5.28. The monoisotopic (exact) mass is 220 g/mol. The molecule has 1 aromatic rings. The van der Waals surface area contributed by atoms with Gasteiger partial charge in [0.15, 0.2) is 0 Å². The molecule has 1 saturated carbocycles. The number of rotatable bonds is 3. The van der Waals surface area contributed by atoms with Gasteiger partial charge in [0.2, 0.25) is 0 Å².